The predicted molar refractivity (Wildman–Crippen MR) is 89.6 cm³/mol. The van der Waals surface area contributed by atoms with Gasteiger partial charge in [-0.25, -0.2) is 4.68 Å². The Labute approximate surface area is 136 Å². The van der Waals surface area contributed by atoms with E-state index in [9.17, 15) is 4.79 Å². The molecule has 1 amide bonds. The summed E-state index contributed by atoms with van der Waals surface area (Å²) in [5, 5.41) is 8.05. The quantitative estimate of drug-likeness (QED) is 0.944. The molecule has 1 saturated carbocycles. The van der Waals surface area contributed by atoms with Gasteiger partial charge in [0, 0.05) is 17.2 Å². The number of carbonyl (C=O) groups is 1. The summed E-state index contributed by atoms with van der Waals surface area (Å²) in [5.41, 5.74) is 5.90. The summed E-state index contributed by atoms with van der Waals surface area (Å²) in [6.45, 7) is 4.16. The summed E-state index contributed by atoms with van der Waals surface area (Å²) in [6.07, 6.45) is 5.24. The molecule has 0 aliphatic heterocycles. The van der Waals surface area contributed by atoms with Gasteiger partial charge in [0.1, 0.15) is 0 Å². The van der Waals surface area contributed by atoms with Crippen molar-refractivity contribution < 1.29 is 4.79 Å². The fraction of sp³-hybridized carbons (Fsp3) is 0.474. The maximum Gasteiger partial charge on any atom is 0.223 e. The molecule has 2 aliphatic rings. The first-order chi connectivity index (χ1) is 11.1. The molecule has 0 saturated heterocycles. The fourth-order valence-electron chi connectivity index (χ4n) is 3.65. The third kappa shape index (κ3) is 2.67. The Morgan fingerprint density at radius 2 is 2.09 bits per heavy atom. The Kier molecular flexibility index (Phi) is 3.47. The maximum atomic E-state index is 12.2. The van der Waals surface area contributed by atoms with E-state index in [4.69, 9.17) is 5.10 Å². The number of rotatable bonds is 3. The molecule has 2 aromatic rings. The van der Waals surface area contributed by atoms with Gasteiger partial charge in [0.2, 0.25) is 5.91 Å². The van der Waals surface area contributed by atoms with E-state index >= 15 is 0 Å². The number of hydrogen-bond donors (Lipinski definition) is 1. The molecule has 1 aromatic heterocycles. The van der Waals surface area contributed by atoms with E-state index in [1.165, 1.54) is 16.8 Å². The molecule has 1 atom stereocenters. The van der Waals surface area contributed by atoms with Gasteiger partial charge in [-0.3, -0.25) is 4.79 Å². The Balaban J connectivity index is 1.70. The lowest BCUT2D eigenvalue weighted by Gasteiger charge is -2.25. The van der Waals surface area contributed by atoms with Crippen molar-refractivity contribution in [3.63, 3.8) is 0 Å². The molecule has 1 aromatic carbocycles. The van der Waals surface area contributed by atoms with Crippen LogP contribution in [0.5, 0.6) is 0 Å². The smallest absolute Gasteiger partial charge is 0.223 e. The van der Waals surface area contributed by atoms with Crippen LogP contribution in [0.25, 0.3) is 5.69 Å². The zero-order valence-electron chi connectivity index (χ0n) is 13.8. The first-order valence-corrected chi connectivity index (χ1v) is 8.59. The number of nitrogens with zero attached hydrogens (tertiary/aromatic N) is 2. The zero-order chi connectivity index (χ0) is 16.0. The van der Waals surface area contributed by atoms with Gasteiger partial charge in [-0.2, -0.15) is 5.10 Å². The van der Waals surface area contributed by atoms with Crippen LogP contribution in [0, 0.1) is 19.8 Å². The summed E-state index contributed by atoms with van der Waals surface area (Å²) in [5.74, 6) is 0.484. The van der Waals surface area contributed by atoms with Crippen LogP contribution in [0.4, 0.5) is 0 Å². The third-order valence-corrected chi connectivity index (χ3v) is 4.97. The molecule has 1 N–H and O–H groups in total. The molecule has 1 heterocycles. The van der Waals surface area contributed by atoms with Gasteiger partial charge in [-0.1, -0.05) is 12.1 Å². The summed E-state index contributed by atoms with van der Waals surface area (Å²) in [4.78, 5) is 12.2. The lowest BCUT2D eigenvalue weighted by Crippen LogP contribution is -2.32. The van der Waals surface area contributed by atoms with Crippen molar-refractivity contribution in [2.45, 2.75) is 52.0 Å². The number of nitrogens with one attached hydrogen (secondary N) is 1. The van der Waals surface area contributed by atoms with Gasteiger partial charge in [-0.05, 0) is 63.6 Å². The van der Waals surface area contributed by atoms with Crippen LogP contribution < -0.4 is 5.32 Å². The van der Waals surface area contributed by atoms with E-state index in [-0.39, 0.29) is 17.9 Å². The second-order valence-electron chi connectivity index (χ2n) is 6.92. The van der Waals surface area contributed by atoms with Crippen LogP contribution in [0.1, 0.15) is 54.2 Å². The SMILES string of the molecule is Cc1cccc(-n2nc(C)c3c2CCC[C@H]3NC(=O)C2CC2)c1. The second kappa shape index (κ2) is 5.52. The number of carbonyl (C=O) groups excluding carboxylic acids is 1. The lowest BCUT2D eigenvalue weighted by molar-refractivity contribution is -0.123. The Hall–Kier alpha value is -2.10. The van der Waals surface area contributed by atoms with E-state index in [0.29, 0.717) is 0 Å². The van der Waals surface area contributed by atoms with Crippen molar-refractivity contribution in [1.82, 2.24) is 15.1 Å². The third-order valence-electron chi connectivity index (χ3n) is 4.97. The molecule has 4 rings (SSSR count). The van der Waals surface area contributed by atoms with Crippen molar-refractivity contribution in [2.24, 2.45) is 5.92 Å². The molecule has 1 fully saturated rings. The van der Waals surface area contributed by atoms with Crippen molar-refractivity contribution in [2.75, 3.05) is 0 Å². The zero-order valence-corrected chi connectivity index (χ0v) is 13.8. The first kappa shape index (κ1) is 14.5. The number of fused-ring (bicyclic) bond motifs is 1. The minimum Gasteiger partial charge on any atom is -0.349 e. The van der Waals surface area contributed by atoms with E-state index < -0.39 is 0 Å². The number of amides is 1. The standard InChI is InChI=1S/C19H23N3O/c1-12-5-3-6-15(11-12)22-17-8-4-7-16(18(17)13(2)21-22)20-19(23)14-9-10-14/h3,5-6,11,14,16H,4,7-10H2,1-2H3,(H,20,23)/t16-/m1/s1. The maximum absolute atomic E-state index is 12.2. The molecule has 4 heteroatoms. The highest BCUT2D eigenvalue weighted by Gasteiger charge is 2.34. The molecule has 0 unspecified atom stereocenters. The number of aromatic nitrogens is 2. The predicted octanol–water partition coefficient (Wildman–Crippen LogP) is 3.39. The Bertz CT molecular complexity index is 758. The monoisotopic (exact) mass is 309 g/mol. The lowest BCUT2D eigenvalue weighted by atomic mass is 9.90. The highest BCUT2D eigenvalue weighted by atomic mass is 16.2. The van der Waals surface area contributed by atoms with Crippen LogP contribution in [0.15, 0.2) is 24.3 Å². The van der Waals surface area contributed by atoms with Gasteiger partial charge in [0.25, 0.3) is 0 Å². The van der Waals surface area contributed by atoms with Crippen LogP contribution in [-0.4, -0.2) is 15.7 Å². The molecule has 120 valence electrons. The normalized spacial score (nSPS) is 20.2. The van der Waals surface area contributed by atoms with Crippen LogP contribution >= 0.6 is 0 Å². The van der Waals surface area contributed by atoms with E-state index in [1.54, 1.807) is 0 Å². The van der Waals surface area contributed by atoms with Gasteiger partial charge < -0.3 is 5.32 Å². The minimum atomic E-state index is 0.130. The molecule has 23 heavy (non-hydrogen) atoms. The molecule has 0 spiro atoms. The number of hydrogen-bond acceptors (Lipinski definition) is 2. The van der Waals surface area contributed by atoms with Crippen molar-refractivity contribution >= 4 is 5.91 Å². The van der Waals surface area contributed by atoms with Gasteiger partial charge >= 0.3 is 0 Å². The van der Waals surface area contributed by atoms with Crippen molar-refractivity contribution in [1.29, 1.82) is 0 Å². The molecule has 0 radical (unpaired) electrons. The Morgan fingerprint density at radius 1 is 1.26 bits per heavy atom. The summed E-state index contributed by atoms with van der Waals surface area (Å²) >= 11 is 0. The molecule has 2 aliphatic carbocycles. The van der Waals surface area contributed by atoms with Gasteiger partial charge in [0.05, 0.1) is 17.4 Å². The van der Waals surface area contributed by atoms with Crippen LogP contribution in [0.3, 0.4) is 0 Å². The van der Waals surface area contributed by atoms with Crippen molar-refractivity contribution in [3.8, 4) is 5.69 Å². The first-order valence-electron chi connectivity index (χ1n) is 8.59. The van der Waals surface area contributed by atoms with Gasteiger partial charge in [0.15, 0.2) is 0 Å². The molecule has 0 bridgehead atoms. The van der Waals surface area contributed by atoms with E-state index in [2.05, 4.69) is 48.1 Å². The topological polar surface area (TPSA) is 46.9 Å². The summed E-state index contributed by atoms with van der Waals surface area (Å²) < 4.78 is 2.08. The van der Waals surface area contributed by atoms with Crippen LogP contribution in [0.2, 0.25) is 0 Å². The second-order valence-corrected chi connectivity index (χ2v) is 6.92. The molecular formula is C19H23N3O. The average Bonchev–Trinajstić information content (AvgIpc) is 3.32. The molecular weight excluding hydrogens is 286 g/mol. The van der Waals surface area contributed by atoms with Crippen molar-refractivity contribution in [3.05, 3.63) is 46.8 Å². The van der Waals surface area contributed by atoms with Crippen LogP contribution in [-0.2, 0) is 11.2 Å². The molecule has 4 nitrogen and oxygen atoms in total. The Morgan fingerprint density at radius 3 is 2.83 bits per heavy atom. The average molecular weight is 309 g/mol. The van der Waals surface area contributed by atoms with E-state index in [1.807, 2.05) is 0 Å². The highest BCUT2D eigenvalue weighted by Crippen LogP contribution is 2.36. The number of benzene rings is 1. The highest BCUT2D eigenvalue weighted by molar-refractivity contribution is 5.81. The largest absolute Gasteiger partial charge is 0.349 e. The fourth-order valence-corrected chi connectivity index (χ4v) is 3.65. The summed E-state index contributed by atoms with van der Waals surface area (Å²) in [6, 6.07) is 8.57. The minimum absolute atomic E-state index is 0.130. The summed E-state index contributed by atoms with van der Waals surface area (Å²) in [7, 11) is 0. The number of aryl methyl sites for hydroxylation is 2. The van der Waals surface area contributed by atoms with E-state index in [0.717, 1.165) is 43.5 Å². The van der Waals surface area contributed by atoms with Gasteiger partial charge in [-0.15, -0.1) is 0 Å².